The molecule has 0 amide bonds. The number of ether oxygens (including phenoxy) is 1. The Morgan fingerprint density at radius 2 is 1.76 bits per heavy atom. The maximum absolute atomic E-state index is 10.1. The highest BCUT2D eigenvalue weighted by Crippen LogP contribution is 2.36. The minimum atomic E-state index is -0.343. The number of rotatable bonds is 4. The third-order valence-corrected chi connectivity index (χ3v) is 3.36. The number of benzene rings is 2. The molecule has 4 nitrogen and oxygen atoms in total. The molecule has 3 N–H and O–H groups in total. The molecular formula is C17H18O4. The Labute approximate surface area is 123 Å². The predicted molar refractivity (Wildman–Crippen MR) is 81.1 cm³/mol. The molecule has 0 aliphatic rings. The maximum atomic E-state index is 10.1. The molecule has 21 heavy (non-hydrogen) atoms. The van der Waals surface area contributed by atoms with E-state index in [9.17, 15) is 10.2 Å². The fourth-order valence-electron chi connectivity index (χ4n) is 2.29. The van der Waals surface area contributed by atoms with Crippen molar-refractivity contribution in [1.29, 1.82) is 0 Å². The summed E-state index contributed by atoms with van der Waals surface area (Å²) >= 11 is 0. The second-order valence-corrected chi connectivity index (χ2v) is 4.81. The van der Waals surface area contributed by atoms with E-state index in [1.165, 1.54) is 13.2 Å². The van der Waals surface area contributed by atoms with Crippen LogP contribution in [0.3, 0.4) is 0 Å². The molecule has 0 saturated carbocycles. The molecule has 0 saturated heterocycles. The van der Waals surface area contributed by atoms with Crippen molar-refractivity contribution < 1.29 is 20.1 Å². The summed E-state index contributed by atoms with van der Waals surface area (Å²) in [6.45, 7) is 1.93. The van der Waals surface area contributed by atoms with Crippen molar-refractivity contribution >= 4 is 0 Å². The van der Waals surface area contributed by atoms with Crippen LogP contribution in [0.5, 0.6) is 17.2 Å². The summed E-state index contributed by atoms with van der Waals surface area (Å²) in [4.78, 5) is 0. The highest BCUT2D eigenvalue weighted by Gasteiger charge is 2.17. The summed E-state index contributed by atoms with van der Waals surface area (Å²) in [7, 11) is 1.47. The molecule has 0 spiro atoms. The lowest BCUT2D eigenvalue weighted by atomic mass is 9.89. The highest BCUT2D eigenvalue weighted by atomic mass is 16.5. The minimum Gasteiger partial charge on any atom is -0.516 e. The number of aliphatic hydroxyl groups is 1. The molecule has 0 aromatic heterocycles. The van der Waals surface area contributed by atoms with Gasteiger partial charge in [0.05, 0.1) is 13.4 Å². The average Bonchev–Trinajstić information content (AvgIpc) is 2.48. The van der Waals surface area contributed by atoms with Crippen molar-refractivity contribution in [3.05, 3.63) is 65.4 Å². The molecule has 2 rings (SSSR count). The van der Waals surface area contributed by atoms with Gasteiger partial charge < -0.3 is 20.1 Å². The van der Waals surface area contributed by atoms with Crippen LogP contribution in [0.15, 0.2) is 48.7 Å². The van der Waals surface area contributed by atoms with Crippen molar-refractivity contribution in [3.8, 4) is 17.2 Å². The molecule has 0 heterocycles. The van der Waals surface area contributed by atoms with Crippen molar-refractivity contribution in [3.63, 3.8) is 0 Å². The summed E-state index contributed by atoms with van der Waals surface area (Å²) in [6, 6.07) is 10.2. The molecule has 2 aromatic carbocycles. The van der Waals surface area contributed by atoms with Crippen LogP contribution in [0.1, 0.15) is 22.6 Å². The predicted octanol–water partition coefficient (Wildman–Crippen LogP) is 3.62. The number of methoxy groups -OCH3 is 1. The number of phenols is 2. The molecule has 0 aliphatic heterocycles. The van der Waals surface area contributed by atoms with Gasteiger partial charge in [-0.2, -0.15) is 0 Å². The maximum Gasteiger partial charge on any atom is 0.160 e. The van der Waals surface area contributed by atoms with Crippen LogP contribution in [-0.4, -0.2) is 22.4 Å². The van der Waals surface area contributed by atoms with Crippen LogP contribution >= 0.6 is 0 Å². The van der Waals surface area contributed by atoms with Crippen molar-refractivity contribution in [2.45, 2.75) is 12.8 Å². The Morgan fingerprint density at radius 1 is 1.05 bits per heavy atom. The van der Waals surface area contributed by atoms with Crippen LogP contribution in [-0.2, 0) is 0 Å². The molecule has 0 radical (unpaired) electrons. The minimum absolute atomic E-state index is 0.0430. The van der Waals surface area contributed by atoms with Gasteiger partial charge in [0.2, 0.25) is 0 Å². The van der Waals surface area contributed by atoms with Crippen molar-refractivity contribution in [2.75, 3.05) is 7.11 Å². The van der Waals surface area contributed by atoms with Gasteiger partial charge in [0.1, 0.15) is 5.75 Å². The van der Waals surface area contributed by atoms with Gasteiger partial charge in [-0.3, -0.25) is 0 Å². The number of hydrogen-bond acceptors (Lipinski definition) is 4. The van der Waals surface area contributed by atoms with Gasteiger partial charge in [0.15, 0.2) is 11.5 Å². The zero-order valence-electron chi connectivity index (χ0n) is 11.9. The second kappa shape index (κ2) is 6.22. The van der Waals surface area contributed by atoms with E-state index in [1.54, 1.807) is 24.3 Å². The molecule has 4 heteroatoms. The topological polar surface area (TPSA) is 69.9 Å². The summed E-state index contributed by atoms with van der Waals surface area (Å²) in [6.07, 6.45) is 2.52. The molecule has 110 valence electrons. The molecular weight excluding hydrogens is 268 g/mol. The summed E-state index contributed by atoms with van der Waals surface area (Å²) in [5.74, 6) is 0.192. The van der Waals surface area contributed by atoms with Crippen molar-refractivity contribution in [1.82, 2.24) is 0 Å². The number of aromatic hydroxyl groups is 2. The normalized spacial score (nSPS) is 12.5. The summed E-state index contributed by atoms with van der Waals surface area (Å²) in [5, 5.41) is 28.9. The SMILES string of the molecule is COc1cc(C(/C=C/O)c2cc(C)ccc2O)ccc1O. The van der Waals surface area contributed by atoms with E-state index in [0.29, 0.717) is 11.3 Å². The first-order valence-corrected chi connectivity index (χ1v) is 6.54. The molecule has 1 unspecified atom stereocenters. The molecule has 0 fully saturated rings. The number of phenolic OH excluding ortho intramolecular Hbond substituents is 2. The number of allylic oxidation sites excluding steroid dienone is 1. The zero-order valence-corrected chi connectivity index (χ0v) is 11.9. The molecule has 1 atom stereocenters. The van der Waals surface area contributed by atoms with Gasteiger partial charge in [0, 0.05) is 11.5 Å². The standard InChI is InChI=1S/C17H18O4/c1-11-3-5-15(19)14(9-11)13(7-8-18)12-4-6-16(20)17(10-12)21-2/h3-10,13,18-20H,1-2H3/b8-7+. The van der Waals surface area contributed by atoms with Crippen LogP contribution < -0.4 is 4.74 Å². The van der Waals surface area contributed by atoms with E-state index in [-0.39, 0.29) is 17.4 Å². The Morgan fingerprint density at radius 3 is 2.43 bits per heavy atom. The van der Waals surface area contributed by atoms with Gasteiger partial charge in [0.25, 0.3) is 0 Å². The van der Waals surface area contributed by atoms with E-state index >= 15 is 0 Å². The van der Waals surface area contributed by atoms with Crippen LogP contribution in [0.4, 0.5) is 0 Å². The lowest BCUT2D eigenvalue weighted by molar-refractivity contribution is 0.373. The first-order valence-electron chi connectivity index (χ1n) is 6.54. The third kappa shape index (κ3) is 3.11. The fourth-order valence-corrected chi connectivity index (χ4v) is 2.29. The smallest absolute Gasteiger partial charge is 0.160 e. The lowest BCUT2D eigenvalue weighted by Gasteiger charge is -2.17. The Kier molecular flexibility index (Phi) is 4.38. The van der Waals surface area contributed by atoms with Gasteiger partial charge >= 0.3 is 0 Å². The van der Waals surface area contributed by atoms with E-state index in [2.05, 4.69) is 0 Å². The highest BCUT2D eigenvalue weighted by molar-refractivity contribution is 5.50. The number of aliphatic hydroxyl groups excluding tert-OH is 1. The molecule has 0 bridgehead atoms. The Hall–Kier alpha value is -2.62. The third-order valence-electron chi connectivity index (χ3n) is 3.36. The average molecular weight is 286 g/mol. The monoisotopic (exact) mass is 286 g/mol. The van der Waals surface area contributed by atoms with Gasteiger partial charge in [-0.05, 0) is 36.8 Å². The largest absolute Gasteiger partial charge is 0.516 e. The van der Waals surface area contributed by atoms with E-state index in [0.717, 1.165) is 17.4 Å². The first-order chi connectivity index (χ1) is 10.1. The lowest BCUT2D eigenvalue weighted by Crippen LogP contribution is -2.00. The fraction of sp³-hybridized carbons (Fsp3) is 0.176. The number of aryl methyl sites for hydroxylation is 1. The van der Waals surface area contributed by atoms with Crippen LogP contribution in [0, 0.1) is 6.92 Å². The zero-order chi connectivity index (χ0) is 15.4. The Balaban J connectivity index is 2.56. The van der Waals surface area contributed by atoms with Crippen LogP contribution in [0.25, 0.3) is 0 Å². The summed E-state index contributed by atoms with van der Waals surface area (Å²) in [5.41, 5.74) is 2.47. The summed E-state index contributed by atoms with van der Waals surface area (Å²) < 4.78 is 5.10. The van der Waals surface area contributed by atoms with Crippen LogP contribution in [0.2, 0.25) is 0 Å². The first kappa shape index (κ1) is 14.8. The number of hydrogen-bond donors (Lipinski definition) is 3. The van der Waals surface area contributed by atoms with Gasteiger partial charge in [-0.1, -0.05) is 23.8 Å². The van der Waals surface area contributed by atoms with E-state index < -0.39 is 0 Å². The van der Waals surface area contributed by atoms with E-state index in [4.69, 9.17) is 9.84 Å². The second-order valence-electron chi connectivity index (χ2n) is 4.81. The molecule has 2 aromatic rings. The van der Waals surface area contributed by atoms with Crippen molar-refractivity contribution in [2.24, 2.45) is 0 Å². The quantitative estimate of drug-likeness (QED) is 0.751. The van der Waals surface area contributed by atoms with Gasteiger partial charge in [-0.15, -0.1) is 0 Å². The Bertz CT molecular complexity index is 662. The van der Waals surface area contributed by atoms with Gasteiger partial charge in [-0.25, -0.2) is 0 Å². The molecule has 0 aliphatic carbocycles. The van der Waals surface area contributed by atoms with E-state index in [1.807, 2.05) is 19.1 Å².